The highest BCUT2D eigenvalue weighted by Crippen LogP contribution is 2.21. The van der Waals surface area contributed by atoms with Gasteiger partial charge in [-0.1, -0.05) is 31.5 Å². The lowest BCUT2D eigenvalue weighted by Gasteiger charge is -2.19. The van der Waals surface area contributed by atoms with Crippen LogP contribution in [0, 0.1) is 0 Å². The largest absolute Gasteiger partial charge is 0.478 e. The molecule has 0 fully saturated rings. The lowest BCUT2D eigenvalue weighted by atomic mass is 10.1. The van der Waals surface area contributed by atoms with E-state index in [-0.39, 0.29) is 5.97 Å². The van der Waals surface area contributed by atoms with Crippen LogP contribution in [0.5, 0.6) is 5.75 Å². The van der Waals surface area contributed by atoms with Gasteiger partial charge in [0.25, 0.3) is 0 Å². The minimum absolute atomic E-state index is 0.288. The Kier molecular flexibility index (Phi) is 6.97. The third kappa shape index (κ3) is 4.91. The zero-order valence-electron chi connectivity index (χ0n) is 11.9. The van der Waals surface area contributed by atoms with Crippen LogP contribution >= 0.6 is 0 Å². The van der Waals surface area contributed by atoms with Crippen LogP contribution < -0.4 is 10.1 Å². The fourth-order valence-corrected chi connectivity index (χ4v) is 1.83. The Morgan fingerprint density at radius 3 is 2.68 bits per heavy atom. The van der Waals surface area contributed by atoms with Gasteiger partial charge in [-0.05, 0) is 26.5 Å². The number of rotatable bonds is 8. The third-order valence-electron chi connectivity index (χ3n) is 2.71. The predicted molar refractivity (Wildman–Crippen MR) is 75.2 cm³/mol. The predicted octanol–water partition coefficient (Wildman–Crippen LogP) is 2.52. The molecule has 1 N–H and O–H groups in total. The van der Waals surface area contributed by atoms with E-state index in [1.54, 1.807) is 6.92 Å². The van der Waals surface area contributed by atoms with Gasteiger partial charge in [0.1, 0.15) is 5.75 Å². The van der Waals surface area contributed by atoms with E-state index in [1.807, 2.05) is 38.2 Å². The number of carbonyl (C=O) groups excluding carboxylic acids is 1. The van der Waals surface area contributed by atoms with E-state index in [0.29, 0.717) is 19.6 Å². The van der Waals surface area contributed by atoms with E-state index >= 15 is 0 Å². The molecule has 0 radical (unpaired) electrons. The zero-order chi connectivity index (χ0) is 14.1. The van der Waals surface area contributed by atoms with Gasteiger partial charge in [0.15, 0.2) is 6.10 Å². The molecular weight excluding hydrogens is 242 g/mol. The van der Waals surface area contributed by atoms with E-state index in [9.17, 15) is 4.79 Å². The minimum atomic E-state index is -0.525. The normalized spacial score (nSPS) is 11.9. The number of para-hydroxylation sites is 1. The van der Waals surface area contributed by atoms with Crippen LogP contribution in [0.3, 0.4) is 0 Å². The standard InChI is InChI=1S/C15H23NO3/c1-4-8-14(15(17)18-5-2)19-13-10-7-6-9-12(13)11-16-3/h6-7,9-10,14,16H,4-5,8,11H2,1-3H3. The van der Waals surface area contributed by atoms with Gasteiger partial charge >= 0.3 is 5.97 Å². The van der Waals surface area contributed by atoms with Crippen molar-refractivity contribution in [3.05, 3.63) is 29.8 Å². The maximum Gasteiger partial charge on any atom is 0.347 e. The molecule has 1 aromatic rings. The Hall–Kier alpha value is -1.55. The lowest BCUT2D eigenvalue weighted by molar-refractivity contribution is -0.151. The average Bonchev–Trinajstić information content (AvgIpc) is 2.41. The van der Waals surface area contributed by atoms with Gasteiger partial charge in [0, 0.05) is 12.1 Å². The Balaban J connectivity index is 2.80. The van der Waals surface area contributed by atoms with Gasteiger partial charge in [-0.25, -0.2) is 4.79 Å². The topological polar surface area (TPSA) is 47.6 Å². The van der Waals surface area contributed by atoms with Crippen LogP contribution in [-0.2, 0) is 16.1 Å². The van der Waals surface area contributed by atoms with Crippen molar-refractivity contribution in [1.82, 2.24) is 5.32 Å². The van der Waals surface area contributed by atoms with E-state index in [2.05, 4.69) is 5.32 Å². The fourth-order valence-electron chi connectivity index (χ4n) is 1.83. The van der Waals surface area contributed by atoms with Crippen LogP contribution in [-0.4, -0.2) is 25.7 Å². The van der Waals surface area contributed by atoms with Crippen LogP contribution in [0.4, 0.5) is 0 Å². The van der Waals surface area contributed by atoms with Gasteiger partial charge < -0.3 is 14.8 Å². The molecule has 0 bridgehead atoms. The van der Waals surface area contributed by atoms with Crippen molar-refractivity contribution in [2.75, 3.05) is 13.7 Å². The summed E-state index contributed by atoms with van der Waals surface area (Å²) in [5.41, 5.74) is 1.04. The zero-order valence-corrected chi connectivity index (χ0v) is 11.9. The maximum absolute atomic E-state index is 11.8. The van der Waals surface area contributed by atoms with Crippen molar-refractivity contribution in [3.8, 4) is 5.75 Å². The third-order valence-corrected chi connectivity index (χ3v) is 2.71. The molecule has 1 aromatic carbocycles. The number of ether oxygens (including phenoxy) is 2. The Morgan fingerprint density at radius 2 is 2.05 bits per heavy atom. The van der Waals surface area contributed by atoms with Crippen LogP contribution in [0.15, 0.2) is 24.3 Å². The molecule has 0 spiro atoms. The summed E-state index contributed by atoms with van der Waals surface area (Å²) < 4.78 is 10.9. The van der Waals surface area contributed by atoms with Crippen LogP contribution in [0.2, 0.25) is 0 Å². The van der Waals surface area contributed by atoms with Gasteiger partial charge in [-0.3, -0.25) is 0 Å². The monoisotopic (exact) mass is 265 g/mol. The molecule has 1 atom stereocenters. The highest BCUT2D eigenvalue weighted by molar-refractivity contribution is 5.75. The lowest BCUT2D eigenvalue weighted by Crippen LogP contribution is -2.29. The number of hydrogen-bond donors (Lipinski definition) is 1. The SMILES string of the molecule is CCCC(Oc1ccccc1CNC)C(=O)OCC. The number of benzene rings is 1. The van der Waals surface area contributed by atoms with Crippen molar-refractivity contribution in [1.29, 1.82) is 0 Å². The summed E-state index contributed by atoms with van der Waals surface area (Å²) in [6.45, 7) is 4.91. The minimum Gasteiger partial charge on any atom is -0.478 e. The number of carbonyl (C=O) groups is 1. The average molecular weight is 265 g/mol. The molecule has 0 saturated carbocycles. The summed E-state index contributed by atoms with van der Waals surface area (Å²) in [4.78, 5) is 11.8. The number of hydrogen-bond acceptors (Lipinski definition) is 4. The Labute approximate surface area is 115 Å². The van der Waals surface area contributed by atoms with E-state index < -0.39 is 6.10 Å². The molecule has 0 saturated heterocycles. The van der Waals surface area contributed by atoms with Crippen molar-refractivity contribution >= 4 is 5.97 Å². The molecule has 0 aliphatic heterocycles. The summed E-state index contributed by atoms with van der Waals surface area (Å²) in [7, 11) is 1.88. The summed E-state index contributed by atoms with van der Waals surface area (Å²) in [6.07, 6.45) is 1.01. The molecule has 0 aliphatic carbocycles. The van der Waals surface area contributed by atoms with Gasteiger partial charge in [-0.15, -0.1) is 0 Å². The van der Waals surface area contributed by atoms with Crippen LogP contribution in [0.25, 0.3) is 0 Å². The molecule has 106 valence electrons. The summed E-state index contributed by atoms with van der Waals surface area (Å²) in [5, 5.41) is 3.09. The second kappa shape index (κ2) is 8.53. The van der Waals surface area contributed by atoms with Crippen molar-refractivity contribution in [2.24, 2.45) is 0 Å². The van der Waals surface area contributed by atoms with E-state index in [0.717, 1.165) is 17.7 Å². The molecule has 0 heterocycles. The smallest absolute Gasteiger partial charge is 0.347 e. The van der Waals surface area contributed by atoms with Crippen LogP contribution in [0.1, 0.15) is 32.3 Å². The molecule has 4 nitrogen and oxygen atoms in total. The highest BCUT2D eigenvalue weighted by Gasteiger charge is 2.21. The number of esters is 1. The quantitative estimate of drug-likeness (QED) is 0.734. The van der Waals surface area contributed by atoms with E-state index in [4.69, 9.17) is 9.47 Å². The molecule has 0 aliphatic rings. The molecule has 4 heteroatoms. The summed E-state index contributed by atoms with van der Waals surface area (Å²) in [6, 6.07) is 7.73. The molecule has 0 aromatic heterocycles. The second-order valence-corrected chi connectivity index (χ2v) is 4.29. The molecule has 1 rings (SSSR count). The molecular formula is C15H23NO3. The maximum atomic E-state index is 11.8. The van der Waals surface area contributed by atoms with Crippen molar-refractivity contribution in [2.45, 2.75) is 39.3 Å². The van der Waals surface area contributed by atoms with Crippen molar-refractivity contribution in [3.63, 3.8) is 0 Å². The first-order valence-electron chi connectivity index (χ1n) is 6.78. The first-order valence-corrected chi connectivity index (χ1v) is 6.78. The Bertz CT molecular complexity index is 393. The molecule has 0 amide bonds. The second-order valence-electron chi connectivity index (χ2n) is 4.29. The molecule has 1 unspecified atom stereocenters. The fraction of sp³-hybridized carbons (Fsp3) is 0.533. The van der Waals surface area contributed by atoms with Gasteiger partial charge in [0.2, 0.25) is 0 Å². The first-order chi connectivity index (χ1) is 9.22. The van der Waals surface area contributed by atoms with Gasteiger partial charge in [0.05, 0.1) is 6.61 Å². The van der Waals surface area contributed by atoms with Crippen molar-refractivity contribution < 1.29 is 14.3 Å². The summed E-state index contributed by atoms with van der Waals surface area (Å²) in [5.74, 6) is 0.451. The van der Waals surface area contributed by atoms with E-state index in [1.165, 1.54) is 0 Å². The summed E-state index contributed by atoms with van der Waals surface area (Å²) >= 11 is 0. The highest BCUT2D eigenvalue weighted by atomic mass is 16.6. The first kappa shape index (κ1) is 15.5. The number of nitrogens with one attached hydrogen (secondary N) is 1. The molecule has 19 heavy (non-hydrogen) atoms. The van der Waals surface area contributed by atoms with Gasteiger partial charge in [-0.2, -0.15) is 0 Å². The Morgan fingerprint density at radius 1 is 1.32 bits per heavy atom.